The first-order valence-electron chi connectivity index (χ1n) is 13.8. The van der Waals surface area contributed by atoms with Crippen molar-refractivity contribution in [2.45, 2.75) is 43.8 Å². The van der Waals surface area contributed by atoms with Gasteiger partial charge in [0.25, 0.3) is 5.91 Å². The van der Waals surface area contributed by atoms with E-state index in [2.05, 4.69) is 4.90 Å². The molecule has 3 aliphatic rings. The van der Waals surface area contributed by atoms with Gasteiger partial charge in [-0.25, -0.2) is 0 Å². The molecule has 2 aliphatic heterocycles. The standard InChI is InChI=1S/C30H35ClF3N3O3/c1-35(28(38)22-7-10-27(40-2)25(15-22)30(32,33)34)26-18-37(17-24(26)20-5-8-23(31)9-6-20)29(39)21-11-13-36(14-12-21)16-19-3-4-19/h5-10,15,19,21,24,26H,3-4,11-14,16-18H2,1-2H3/t24-,26+/m0/s1. The molecule has 6 nitrogen and oxygen atoms in total. The zero-order chi connectivity index (χ0) is 28.6. The van der Waals surface area contributed by atoms with E-state index in [0.717, 1.165) is 57.1 Å². The predicted octanol–water partition coefficient (Wildman–Crippen LogP) is 5.56. The number of carbonyl (C=O) groups excluding carboxylic acids is 2. The highest BCUT2D eigenvalue weighted by Gasteiger charge is 2.43. The van der Waals surface area contributed by atoms with E-state index in [1.807, 2.05) is 17.0 Å². The van der Waals surface area contributed by atoms with E-state index in [4.69, 9.17) is 16.3 Å². The number of hydrogen-bond acceptors (Lipinski definition) is 4. The molecule has 0 radical (unpaired) electrons. The van der Waals surface area contributed by atoms with Crippen LogP contribution in [0.25, 0.3) is 0 Å². The van der Waals surface area contributed by atoms with Crippen LogP contribution in [0.15, 0.2) is 42.5 Å². The van der Waals surface area contributed by atoms with Crippen molar-refractivity contribution in [1.82, 2.24) is 14.7 Å². The van der Waals surface area contributed by atoms with Crippen molar-refractivity contribution >= 4 is 23.4 Å². The van der Waals surface area contributed by atoms with Gasteiger partial charge in [-0.2, -0.15) is 13.2 Å². The second-order valence-corrected chi connectivity index (χ2v) is 11.8. The fourth-order valence-corrected chi connectivity index (χ4v) is 6.23. The number of halogens is 4. The Morgan fingerprint density at radius 2 is 1.70 bits per heavy atom. The largest absolute Gasteiger partial charge is 0.496 e. The Labute approximate surface area is 238 Å². The van der Waals surface area contributed by atoms with Crippen LogP contribution >= 0.6 is 11.6 Å². The van der Waals surface area contributed by atoms with Crippen molar-refractivity contribution in [2.24, 2.45) is 11.8 Å². The molecule has 1 saturated carbocycles. The number of likely N-dealkylation sites (N-methyl/N-ethyl adjacent to an activating group) is 1. The Morgan fingerprint density at radius 1 is 1.02 bits per heavy atom. The van der Waals surface area contributed by atoms with Crippen LogP contribution in [0.2, 0.25) is 5.02 Å². The summed E-state index contributed by atoms with van der Waals surface area (Å²) in [5.74, 6) is -0.233. The van der Waals surface area contributed by atoms with E-state index in [0.29, 0.717) is 18.1 Å². The number of methoxy groups -OCH3 is 1. The Kier molecular flexibility index (Phi) is 8.34. The summed E-state index contributed by atoms with van der Waals surface area (Å²) in [4.78, 5) is 33.0. The lowest BCUT2D eigenvalue weighted by molar-refractivity contribution is -0.139. The number of hydrogen-bond donors (Lipinski definition) is 0. The molecule has 2 saturated heterocycles. The zero-order valence-corrected chi connectivity index (χ0v) is 23.5. The SMILES string of the molecule is COc1ccc(C(=O)N(C)[C@@H]2CN(C(=O)C3CCN(CC4CC4)CC3)C[C@H]2c2ccc(Cl)cc2)cc1C(F)(F)F. The molecule has 40 heavy (non-hydrogen) atoms. The quantitative estimate of drug-likeness (QED) is 0.433. The van der Waals surface area contributed by atoms with Crippen molar-refractivity contribution in [3.8, 4) is 5.75 Å². The summed E-state index contributed by atoms with van der Waals surface area (Å²) in [7, 11) is 2.76. The van der Waals surface area contributed by atoms with Gasteiger partial charge in [-0.05, 0) is 80.6 Å². The molecule has 0 spiro atoms. The molecule has 216 valence electrons. The first kappa shape index (κ1) is 28.7. The lowest BCUT2D eigenvalue weighted by Gasteiger charge is -2.33. The molecule has 2 aromatic carbocycles. The molecular formula is C30H35ClF3N3O3. The Balaban J connectivity index is 1.35. The molecule has 1 aliphatic carbocycles. The first-order chi connectivity index (χ1) is 19.0. The summed E-state index contributed by atoms with van der Waals surface area (Å²) in [6.07, 6.45) is -0.421. The summed E-state index contributed by atoms with van der Waals surface area (Å²) in [5, 5.41) is 0.575. The van der Waals surface area contributed by atoms with Gasteiger partial charge in [0, 0.05) is 49.1 Å². The molecule has 5 rings (SSSR count). The Morgan fingerprint density at radius 3 is 2.30 bits per heavy atom. The lowest BCUT2D eigenvalue weighted by Crippen LogP contribution is -2.44. The van der Waals surface area contributed by atoms with E-state index in [1.165, 1.54) is 29.9 Å². The second kappa shape index (κ2) is 11.6. The van der Waals surface area contributed by atoms with Gasteiger partial charge < -0.3 is 19.4 Å². The van der Waals surface area contributed by atoms with Crippen molar-refractivity contribution < 1.29 is 27.5 Å². The van der Waals surface area contributed by atoms with Gasteiger partial charge in [0.15, 0.2) is 0 Å². The fourth-order valence-electron chi connectivity index (χ4n) is 6.10. The number of nitrogens with zero attached hydrogens (tertiary/aromatic N) is 3. The van der Waals surface area contributed by atoms with Crippen LogP contribution in [0.5, 0.6) is 5.75 Å². The molecule has 10 heteroatoms. The van der Waals surface area contributed by atoms with E-state index in [-0.39, 0.29) is 29.1 Å². The average molecular weight is 578 g/mol. The molecule has 2 atom stereocenters. The normalized spacial score (nSPS) is 22.4. The summed E-state index contributed by atoms with van der Waals surface area (Å²) >= 11 is 6.12. The first-order valence-corrected chi connectivity index (χ1v) is 14.2. The maximum atomic E-state index is 13.7. The zero-order valence-electron chi connectivity index (χ0n) is 22.8. The number of likely N-dealkylation sites (tertiary alicyclic amines) is 2. The van der Waals surface area contributed by atoms with E-state index >= 15 is 0 Å². The number of alkyl halides is 3. The maximum Gasteiger partial charge on any atom is 0.419 e. The van der Waals surface area contributed by atoms with Gasteiger partial charge >= 0.3 is 6.18 Å². The Bertz CT molecular complexity index is 1230. The third-order valence-electron chi connectivity index (χ3n) is 8.62. The lowest BCUT2D eigenvalue weighted by atomic mass is 9.93. The average Bonchev–Trinajstić information content (AvgIpc) is 3.65. The monoisotopic (exact) mass is 577 g/mol. The fraction of sp³-hybridized carbons (Fsp3) is 0.533. The summed E-state index contributed by atoms with van der Waals surface area (Å²) in [6, 6.07) is 10.3. The van der Waals surface area contributed by atoms with E-state index < -0.39 is 23.7 Å². The highest BCUT2D eigenvalue weighted by atomic mass is 35.5. The van der Waals surface area contributed by atoms with Gasteiger partial charge in [0.2, 0.25) is 5.91 Å². The molecule has 2 heterocycles. The second-order valence-electron chi connectivity index (χ2n) is 11.3. The minimum absolute atomic E-state index is 0.0583. The third kappa shape index (κ3) is 6.25. The number of ether oxygens (including phenoxy) is 1. The maximum absolute atomic E-state index is 13.7. The number of benzene rings is 2. The summed E-state index contributed by atoms with van der Waals surface area (Å²) in [6.45, 7) is 3.71. The number of amides is 2. The van der Waals surface area contributed by atoms with Gasteiger partial charge in [-0.1, -0.05) is 23.7 Å². The van der Waals surface area contributed by atoms with Crippen molar-refractivity contribution in [3.63, 3.8) is 0 Å². The molecule has 3 fully saturated rings. The molecule has 0 aromatic heterocycles. The minimum atomic E-state index is -4.67. The van der Waals surface area contributed by atoms with Crippen LogP contribution in [-0.4, -0.2) is 79.4 Å². The van der Waals surface area contributed by atoms with Crippen molar-refractivity contribution in [3.05, 3.63) is 64.2 Å². The molecule has 2 amide bonds. The predicted molar refractivity (Wildman–Crippen MR) is 147 cm³/mol. The molecule has 0 bridgehead atoms. The van der Waals surface area contributed by atoms with Gasteiger partial charge in [-0.15, -0.1) is 0 Å². The van der Waals surface area contributed by atoms with Crippen LogP contribution in [-0.2, 0) is 11.0 Å². The molecular weight excluding hydrogens is 543 g/mol. The van der Waals surface area contributed by atoms with E-state index in [9.17, 15) is 22.8 Å². The molecule has 2 aromatic rings. The van der Waals surface area contributed by atoms with Crippen LogP contribution < -0.4 is 4.74 Å². The van der Waals surface area contributed by atoms with Gasteiger partial charge in [0.05, 0.1) is 18.7 Å². The highest BCUT2D eigenvalue weighted by molar-refractivity contribution is 6.30. The number of piperidine rings is 1. The molecule has 0 unspecified atom stereocenters. The number of rotatable bonds is 7. The van der Waals surface area contributed by atoms with Crippen LogP contribution in [0, 0.1) is 11.8 Å². The molecule has 0 N–H and O–H groups in total. The summed E-state index contributed by atoms with van der Waals surface area (Å²) in [5.41, 5.74) is -0.160. The highest BCUT2D eigenvalue weighted by Crippen LogP contribution is 2.38. The minimum Gasteiger partial charge on any atom is -0.496 e. The van der Waals surface area contributed by atoms with Crippen LogP contribution in [0.1, 0.15) is 53.1 Å². The van der Waals surface area contributed by atoms with Crippen molar-refractivity contribution in [1.29, 1.82) is 0 Å². The van der Waals surface area contributed by atoms with Crippen LogP contribution in [0.4, 0.5) is 13.2 Å². The summed E-state index contributed by atoms with van der Waals surface area (Å²) < 4.78 is 45.8. The topological polar surface area (TPSA) is 53.1 Å². The number of carbonyl (C=O) groups is 2. The smallest absolute Gasteiger partial charge is 0.419 e. The van der Waals surface area contributed by atoms with Gasteiger partial charge in [0.1, 0.15) is 5.75 Å². The van der Waals surface area contributed by atoms with Gasteiger partial charge in [-0.3, -0.25) is 9.59 Å². The van der Waals surface area contributed by atoms with E-state index in [1.54, 1.807) is 19.2 Å². The van der Waals surface area contributed by atoms with Crippen LogP contribution in [0.3, 0.4) is 0 Å². The third-order valence-corrected chi connectivity index (χ3v) is 8.87. The van der Waals surface area contributed by atoms with Crippen molar-refractivity contribution in [2.75, 3.05) is 46.9 Å². The Hall–Kier alpha value is -2.78.